The molecule has 0 spiro atoms. The fourth-order valence-electron chi connectivity index (χ4n) is 1.54. The van der Waals surface area contributed by atoms with E-state index in [2.05, 4.69) is 4.74 Å². The van der Waals surface area contributed by atoms with Gasteiger partial charge in [0.05, 0.1) is 12.2 Å². The number of ether oxygens (including phenoxy) is 3. The lowest BCUT2D eigenvalue weighted by molar-refractivity contribution is -0.137. The standard InChI is InChI=1S/C12H11FO5/c1-2-16-12(15)11(14)7-5-9-10(6-8(7)13)18-4-3-17-9/h5-6H,2-4H2,1H3. The molecule has 0 amide bonds. The number of rotatable bonds is 3. The average molecular weight is 254 g/mol. The normalized spacial score (nSPS) is 13.0. The van der Waals surface area contributed by atoms with Crippen molar-refractivity contribution < 1.29 is 28.2 Å². The van der Waals surface area contributed by atoms with Gasteiger partial charge in [-0.2, -0.15) is 0 Å². The number of benzene rings is 1. The molecule has 6 heteroatoms. The Kier molecular flexibility index (Phi) is 3.45. The summed E-state index contributed by atoms with van der Waals surface area (Å²) >= 11 is 0. The summed E-state index contributed by atoms with van der Waals surface area (Å²) < 4.78 is 28.6. The maximum absolute atomic E-state index is 13.7. The molecule has 0 aliphatic carbocycles. The second-order valence-electron chi connectivity index (χ2n) is 3.53. The number of carbonyl (C=O) groups excluding carboxylic acids is 2. The predicted molar refractivity (Wildman–Crippen MR) is 58.4 cm³/mol. The van der Waals surface area contributed by atoms with E-state index in [-0.39, 0.29) is 23.7 Å². The van der Waals surface area contributed by atoms with Crippen molar-refractivity contribution in [2.45, 2.75) is 6.92 Å². The summed E-state index contributed by atoms with van der Waals surface area (Å²) in [5.41, 5.74) is -0.377. The Morgan fingerprint density at radius 2 is 1.89 bits per heavy atom. The van der Waals surface area contributed by atoms with Crippen LogP contribution >= 0.6 is 0 Å². The Balaban J connectivity index is 2.33. The molecule has 0 aromatic heterocycles. The zero-order chi connectivity index (χ0) is 13.1. The lowest BCUT2D eigenvalue weighted by Gasteiger charge is -2.18. The van der Waals surface area contributed by atoms with Gasteiger partial charge in [-0.3, -0.25) is 4.79 Å². The van der Waals surface area contributed by atoms with Crippen molar-refractivity contribution >= 4 is 11.8 Å². The Morgan fingerprint density at radius 1 is 1.28 bits per heavy atom. The molecule has 1 aliphatic heterocycles. The third-order valence-corrected chi connectivity index (χ3v) is 2.34. The van der Waals surface area contributed by atoms with E-state index in [1.807, 2.05) is 0 Å². The maximum Gasteiger partial charge on any atom is 0.379 e. The molecule has 1 heterocycles. The summed E-state index contributed by atoms with van der Waals surface area (Å²) in [7, 11) is 0. The molecule has 0 saturated heterocycles. The first-order valence-electron chi connectivity index (χ1n) is 5.44. The van der Waals surface area contributed by atoms with Crippen LogP contribution in [0.3, 0.4) is 0 Å². The van der Waals surface area contributed by atoms with Crippen molar-refractivity contribution in [1.82, 2.24) is 0 Å². The van der Waals surface area contributed by atoms with Gasteiger partial charge in [-0.25, -0.2) is 9.18 Å². The average Bonchev–Trinajstić information content (AvgIpc) is 2.37. The predicted octanol–water partition coefficient (Wildman–Crippen LogP) is 1.34. The van der Waals surface area contributed by atoms with Crippen LogP contribution in [0.15, 0.2) is 12.1 Å². The zero-order valence-electron chi connectivity index (χ0n) is 9.70. The number of Topliss-reactive ketones (excluding diaryl/α,β-unsaturated/α-hetero) is 1. The molecule has 2 rings (SSSR count). The van der Waals surface area contributed by atoms with Crippen molar-refractivity contribution in [3.63, 3.8) is 0 Å². The van der Waals surface area contributed by atoms with E-state index < -0.39 is 17.6 Å². The van der Waals surface area contributed by atoms with Crippen LogP contribution in [-0.2, 0) is 9.53 Å². The van der Waals surface area contributed by atoms with Crippen LogP contribution in [0.2, 0.25) is 0 Å². The Morgan fingerprint density at radius 3 is 2.50 bits per heavy atom. The van der Waals surface area contributed by atoms with Crippen molar-refractivity contribution in [2.75, 3.05) is 19.8 Å². The molecule has 18 heavy (non-hydrogen) atoms. The molecule has 0 unspecified atom stereocenters. The molecule has 0 radical (unpaired) electrons. The van der Waals surface area contributed by atoms with E-state index >= 15 is 0 Å². The highest BCUT2D eigenvalue weighted by Crippen LogP contribution is 2.32. The minimum Gasteiger partial charge on any atom is -0.486 e. The minimum absolute atomic E-state index is 0.0523. The van der Waals surface area contributed by atoms with Gasteiger partial charge < -0.3 is 14.2 Å². The van der Waals surface area contributed by atoms with Crippen molar-refractivity contribution in [1.29, 1.82) is 0 Å². The number of halogens is 1. The minimum atomic E-state index is -1.09. The molecule has 1 aromatic carbocycles. The lowest BCUT2D eigenvalue weighted by atomic mass is 10.1. The lowest BCUT2D eigenvalue weighted by Crippen LogP contribution is -2.20. The summed E-state index contributed by atoms with van der Waals surface area (Å²) in [5, 5.41) is 0. The largest absolute Gasteiger partial charge is 0.486 e. The third kappa shape index (κ3) is 2.27. The molecule has 5 nitrogen and oxygen atoms in total. The van der Waals surface area contributed by atoms with Crippen LogP contribution in [-0.4, -0.2) is 31.6 Å². The number of hydrogen-bond donors (Lipinski definition) is 0. The van der Waals surface area contributed by atoms with Gasteiger partial charge in [0.15, 0.2) is 11.5 Å². The van der Waals surface area contributed by atoms with Gasteiger partial charge >= 0.3 is 5.97 Å². The quantitative estimate of drug-likeness (QED) is 0.463. The van der Waals surface area contributed by atoms with Crippen molar-refractivity contribution in [3.8, 4) is 11.5 Å². The second-order valence-corrected chi connectivity index (χ2v) is 3.53. The molecule has 0 N–H and O–H groups in total. The number of esters is 1. The first-order valence-corrected chi connectivity index (χ1v) is 5.44. The van der Waals surface area contributed by atoms with Crippen LogP contribution in [0, 0.1) is 5.82 Å². The van der Waals surface area contributed by atoms with Crippen LogP contribution < -0.4 is 9.47 Å². The van der Waals surface area contributed by atoms with Gasteiger partial charge in [0.2, 0.25) is 0 Å². The van der Waals surface area contributed by atoms with Crippen LogP contribution in [0.5, 0.6) is 11.5 Å². The summed E-state index contributed by atoms with van der Waals surface area (Å²) in [6.45, 7) is 2.24. The topological polar surface area (TPSA) is 61.8 Å². The van der Waals surface area contributed by atoms with Gasteiger partial charge in [-0.1, -0.05) is 0 Å². The van der Waals surface area contributed by atoms with E-state index in [0.29, 0.717) is 13.2 Å². The fourth-order valence-corrected chi connectivity index (χ4v) is 1.54. The van der Waals surface area contributed by atoms with Gasteiger partial charge in [0.1, 0.15) is 19.0 Å². The summed E-state index contributed by atoms with van der Waals surface area (Å²) in [5.74, 6) is -2.49. The first-order chi connectivity index (χ1) is 8.63. The summed E-state index contributed by atoms with van der Waals surface area (Å²) in [6.07, 6.45) is 0. The van der Waals surface area contributed by atoms with Crippen LogP contribution in [0.4, 0.5) is 4.39 Å². The molecule has 0 atom stereocenters. The number of hydrogen-bond acceptors (Lipinski definition) is 5. The fraction of sp³-hybridized carbons (Fsp3) is 0.333. The molecule has 0 bridgehead atoms. The zero-order valence-corrected chi connectivity index (χ0v) is 9.70. The number of fused-ring (bicyclic) bond motifs is 1. The van der Waals surface area contributed by atoms with E-state index in [4.69, 9.17) is 9.47 Å². The van der Waals surface area contributed by atoms with Gasteiger partial charge in [-0.05, 0) is 13.0 Å². The van der Waals surface area contributed by atoms with Crippen molar-refractivity contribution in [3.05, 3.63) is 23.5 Å². The number of ketones is 1. The van der Waals surface area contributed by atoms with E-state index in [1.54, 1.807) is 6.92 Å². The molecule has 1 aliphatic rings. The third-order valence-electron chi connectivity index (χ3n) is 2.34. The van der Waals surface area contributed by atoms with Crippen LogP contribution in [0.1, 0.15) is 17.3 Å². The van der Waals surface area contributed by atoms with E-state index in [1.165, 1.54) is 0 Å². The molecular weight excluding hydrogens is 243 g/mol. The first kappa shape index (κ1) is 12.3. The Labute approximate surface area is 102 Å². The molecule has 0 saturated carbocycles. The van der Waals surface area contributed by atoms with Gasteiger partial charge in [-0.15, -0.1) is 0 Å². The Bertz CT molecular complexity index is 497. The van der Waals surface area contributed by atoms with Crippen molar-refractivity contribution in [2.24, 2.45) is 0 Å². The highest BCUT2D eigenvalue weighted by Gasteiger charge is 2.25. The summed E-state index contributed by atoms with van der Waals surface area (Å²) in [4.78, 5) is 22.9. The van der Waals surface area contributed by atoms with Gasteiger partial charge in [0, 0.05) is 6.07 Å². The van der Waals surface area contributed by atoms with E-state index in [9.17, 15) is 14.0 Å². The second kappa shape index (κ2) is 5.03. The summed E-state index contributed by atoms with van der Waals surface area (Å²) in [6, 6.07) is 2.18. The highest BCUT2D eigenvalue weighted by atomic mass is 19.1. The molecule has 96 valence electrons. The molecule has 1 aromatic rings. The Hall–Kier alpha value is -2.11. The van der Waals surface area contributed by atoms with Gasteiger partial charge in [0.25, 0.3) is 5.78 Å². The number of carbonyl (C=O) groups is 2. The molecule has 0 fully saturated rings. The monoisotopic (exact) mass is 254 g/mol. The SMILES string of the molecule is CCOC(=O)C(=O)c1cc2c(cc1F)OCCO2. The van der Waals surface area contributed by atoms with Crippen LogP contribution in [0.25, 0.3) is 0 Å². The smallest absolute Gasteiger partial charge is 0.379 e. The van der Waals surface area contributed by atoms with E-state index in [0.717, 1.165) is 12.1 Å². The highest BCUT2D eigenvalue weighted by molar-refractivity contribution is 6.40. The maximum atomic E-state index is 13.7. The molecular formula is C12H11FO5.